The van der Waals surface area contributed by atoms with Gasteiger partial charge in [-0.3, -0.25) is 9.36 Å². The summed E-state index contributed by atoms with van der Waals surface area (Å²) >= 11 is 0. The molecule has 0 fully saturated rings. The molecule has 0 atom stereocenters. The van der Waals surface area contributed by atoms with Crippen molar-refractivity contribution in [2.75, 3.05) is 5.32 Å². The molecular formula is C21H38NNa2O5P+2. The van der Waals surface area contributed by atoms with Gasteiger partial charge < -0.3 is 20.6 Å². The molecule has 9 heteroatoms. The molecule has 0 aliphatic carbocycles. The van der Waals surface area contributed by atoms with Gasteiger partial charge in [0.2, 0.25) is 5.91 Å². The maximum Gasteiger partial charge on any atom is 1.00 e. The second-order valence-corrected chi connectivity index (χ2v) is 9.00. The van der Waals surface area contributed by atoms with Gasteiger partial charge in [0.25, 0.3) is 0 Å². The predicted octanol–water partition coefficient (Wildman–Crippen LogP) is -0.813. The molecule has 0 saturated carbocycles. The molecule has 1 amide bonds. The van der Waals surface area contributed by atoms with Crippen LogP contribution in [0.3, 0.4) is 0 Å². The molecule has 0 bridgehead atoms. The first kappa shape index (κ1) is 35.4. The molecule has 5 N–H and O–H groups in total. The number of hydrogen-bond donors (Lipinski definition) is 3. The van der Waals surface area contributed by atoms with E-state index in [4.69, 9.17) is 9.79 Å². The van der Waals surface area contributed by atoms with Crippen LogP contribution in [0.2, 0.25) is 0 Å². The van der Waals surface area contributed by atoms with E-state index < -0.39 is 7.60 Å². The minimum Gasteiger partial charge on any atom is -0.412 e. The zero-order valence-electron chi connectivity index (χ0n) is 19.2. The van der Waals surface area contributed by atoms with E-state index >= 15 is 0 Å². The van der Waals surface area contributed by atoms with E-state index in [1.807, 2.05) is 0 Å². The van der Waals surface area contributed by atoms with Crippen molar-refractivity contribution in [2.45, 2.75) is 90.1 Å². The number of anilines is 1. The van der Waals surface area contributed by atoms with Crippen molar-refractivity contribution in [3.05, 3.63) is 29.8 Å². The number of amides is 1. The fourth-order valence-electron chi connectivity index (χ4n) is 3.10. The Morgan fingerprint density at radius 2 is 1.27 bits per heavy atom. The maximum absolute atomic E-state index is 12.0. The summed E-state index contributed by atoms with van der Waals surface area (Å²) in [5.41, 5.74) is 1.23. The zero-order valence-corrected chi connectivity index (χ0v) is 24.1. The number of unbranched alkanes of at least 4 members (excludes halogenated alkanes) is 10. The van der Waals surface area contributed by atoms with Crippen LogP contribution in [-0.2, 0) is 15.5 Å². The van der Waals surface area contributed by atoms with Crippen LogP contribution in [0.4, 0.5) is 5.69 Å². The summed E-state index contributed by atoms with van der Waals surface area (Å²) in [6.45, 7) is 2.24. The first-order valence-corrected chi connectivity index (χ1v) is 12.1. The van der Waals surface area contributed by atoms with Crippen molar-refractivity contribution in [2.24, 2.45) is 0 Å². The van der Waals surface area contributed by atoms with E-state index in [0.717, 1.165) is 12.8 Å². The number of benzene rings is 1. The summed E-state index contributed by atoms with van der Waals surface area (Å²) in [6.07, 6.45) is 14.1. The Hall–Kier alpha value is 0.800. The van der Waals surface area contributed by atoms with Crippen LogP contribution in [0, 0.1) is 0 Å². The Morgan fingerprint density at radius 1 is 0.833 bits per heavy atom. The normalized spacial score (nSPS) is 10.4. The van der Waals surface area contributed by atoms with Gasteiger partial charge in [0.05, 0.1) is 6.16 Å². The molecule has 0 aromatic heterocycles. The predicted molar refractivity (Wildman–Crippen MR) is 116 cm³/mol. The number of carbonyl (C=O) groups excluding carboxylic acids is 1. The third-order valence-corrected chi connectivity index (χ3v) is 5.41. The summed E-state index contributed by atoms with van der Waals surface area (Å²) in [5, 5.41) is 2.83. The molecule has 0 spiro atoms. The molecule has 0 unspecified atom stereocenters. The number of carbonyl (C=O) groups is 1. The first-order valence-electron chi connectivity index (χ1n) is 10.3. The number of nitrogens with one attached hydrogen (secondary N) is 1. The average molecular weight is 461 g/mol. The molecule has 30 heavy (non-hydrogen) atoms. The van der Waals surface area contributed by atoms with Gasteiger partial charge in [-0.15, -0.1) is 0 Å². The Kier molecular flexibility index (Phi) is 25.5. The molecule has 1 aromatic rings. The molecule has 0 saturated heterocycles. The summed E-state index contributed by atoms with van der Waals surface area (Å²) in [5.74, 6) is -0.00587. The molecule has 1 rings (SSSR count). The van der Waals surface area contributed by atoms with Crippen LogP contribution in [0.5, 0.6) is 0 Å². The van der Waals surface area contributed by atoms with Crippen molar-refractivity contribution in [1.82, 2.24) is 0 Å². The molecule has 0 aliphatic rings. The topological polar surface area (TPSA) is 118 Å². The van der Waals surface area contributed by atoms with E-state index in [1.165, 1.54) is 57.8 Å². The summed E-state index contributed by atoms with van der Waals surface area (Å²) in [4.78, 5) is 29.9. The van der Waals surface area contributed by atoms with Crippen LogP contribution < -0.4 is 64.4 Å². The molecule has 0 heterocycles. The Labute approximate surface area is 226 Å². The fourth-order valence-corrected chi connectivity index (χ4v) is 3.79. The van der Waals surface area contributed by atoms with Crippen molar-refractivity contribution in [3.8, 4) is 0 Å². The minimum absolute atomic E-state index is 0. The van der Waals surface area contributed by atoms with Crippen molar-refractivity contribution < 1.29 is 83.7 Å². The largest absolute Gasteiger partial charge is 1.00 e. The number of rotatable bonds is 15. The Bertz CT molecular complexity index is 581. The molecular weight excluding hydrogens is 423 g/mol. The Balaban J connectivity index is -0.00000243. The van der Waals surface area contributed by atoms with E-state index in [-0.39, 0.29) is 76.7 Å². The van der Waals surface area contributed by atoms with Gasteiger partial charge in [-0.1, -0.05) is 83.3 Å². The van der Waals surface area contributed by atoms with Crippen LogP contribution in [0.25, 0.3) is 0 Å². The quantitative estimate of drug-likeness (QED) is 0.180. The van der Waals surface area contributed by atoms with E-state index in [9.17, 15) is 9.36 Å². The molecule has 0 aliphatic heterocycles. The third kappa shape index (κ3) is 20.7. The Morgan fingerprint density at radius 3 is 1.70 bits per heavy atom. The van der Waals surface area contributed by atoms with E-state index in [2.05, 4.69) is 12.2 Å². The number of hydrogen-bond acceptors (Lipinski definition) is 2. The average Bonchev–Trinajstić information content (AvgIpc) is 2.60. The van der Waals surface area contributed by atoms with Crippen LogP contribution in [0.15, 0.2) is 24.3 Å². The van der Waals surface area contributed by atoms with E-state index in [1.54, 1.807) is 24.3 Å². The molecule has 162 valence electrons. The molecule has 1 aromatic carbocycles. The van der Waals surface area contributed by atoms with Gasteiger partial charge in [0, 0.05) is 12.1 Å². The smallest absolute Gasteiger partial charge is 0.412 e. The van der Waals surface area contributed by atoms with Crippen molar-refractivity contribution >= 4 is 19.2 Å². The van der Waals surface area contributed by atoms with Gasteiger partial charge in [-0.2, -0.15) is 0 Å². The van der Waals surface area contributed by atoms with Crippen LogP contribution in [-0.4, -0.2) is 21.2 Å². The van der Waals surface area contributed by atoms with Gasteiger partial charge in [-0.25, -0.2) is 0 Å². The maximum atomic E-state index is 12.0. The van der Waals surface area contributed by atoms with E-state index in [0.29, 0.717) is 17.7 Å². The van der Waals surface area contributed by atoms with Crippen LogP contribution >= 0.6 is 7.60 Å². The van der Waals surface area contributed by atoms with Gasteiger partial charge in [-0.05, 0) is 24.1 Å². The third-order valence-electron chi connectivity index (χ3n) is 4.63. The second kappa shape index (κ2) is 21.6. The fraction of sp³-hybridized carbons (Fsp3) is 0.667. The monoisotopic (exact) mass is 461 g/mol. The van der Waals surface area contributed by atoms with Gasteiger partial charge >= 0.3 is 66.7 Å². The zero-order chi connectivity index (χ0) is 20.0. The summed E-state index contributed by atoms with van der Waals surface area (Å²) in [7, 11) is -4.05. The SMILES string of the molecule is CCCCCCCCCCCCCC(=O)Nc1ccc(CP(=O)(O)O)cc1.O.[Na+].[Na+]. The molecule has 0 radical (unpaired) electrons. The first-order chi connectivity index (χ1) is 12.9. The standard InChI is InChI=1S/C21H36NO4P.2Na.H2O/c1-2-3-4-5-6-7-8-9-10-11-12-13-21(23)22-20-16-14-19(15-17-20)18-27(24,25)26;;;/h14-17H,2-13,18H2,1H3,(H,22,23)(H2,24,25,26);;;1H2/q;2*+1;. The van der Waals surface area contributed by atoms with Crippen molar-refractivity contribution in [3.63, 3.8) is 0 Å². The van der Waals surface area contributed by atoms with Gasteiger partial charge in [0.15, 0.2) is 0 Å². The summed E-state index contributed by atoms with van der Waals surface area (Å²) < 4.78 is 11.0. The van der Waals surface area contributed by atoms with Crippen molar-refractivity contribution in [1.29, 1.82) is 0 Å². The minimum atomic E-state index is -4.05. The van der Waals surface area contributed by atoms with Crippen LogP contribution in [0.1, 0.15) is 89.5 Å². The van der Waals surface area contributed by atoms with Gasteiger partial charge in [0.1, 0.15) is 0 Å². The summed E-state index contributed by atoms with van der Waals surface area (Å²) in [6, 6.07) is 6.64. The second-order valence-electron chi connectivity index (χ2n) is 7.35. The molecule has 6 nitrogen and oxygen atoms in total.